The second kappa shape index (κ2) is 9.09. The molecule has 0 radical (unpaired) electrons. The van der Waals surface area contributed by atoms with Crippen LogP contribution >= 0.6 is 47.2 Å². The van der Waals surface area contributed by atoms with Crippen LogP contribution in [0.4, 0.5) is 5.69 Å². The Balaban J connectivity index is 1.61. The Morgan fingerprint density at radius 2 is 1.82 bits per heavy atom. The number of benzene rings is 2. The topological polar surface area (TPSA) is 49.4 Å². The molecule has 0 atom stereocenters. The molecule has 1 saturated heterocycles. The minimum absolute atomic E-state index is 0.106. The van der Waals surface area contributed by atoms with E-state index in [1.165, 1.54) is 16.7 Å². The van der Waals surface area contributed by atoms with E-state index in [0.29, 0.717) is 25.0 Å². The summed E-state index contributed by atoms with van der Waals surface area (Å²) in [6.07, 6.45) is 1.92. The predicted molar refractivity (Wildman–Crippen MR) is 121 cm³/mol. The summed E-state index contributed by atoms with van der Waals surface area (Å²) in [5, 5.41) is 3.59. The van der Waals surface area contributed by atoms with E-state index in [1.54, 1.807) is 18.2 Å². The summed E-state index contributed by atoms with van der Waals surface area (Å²) in [5.41, 5.74) is 2.59. The number of carbonyl (C=O) groups excluding carboxylic acids is 2. The number of carbonyl (C=O) groups is 2. The lowest BCUT2D eigenvalue weighted by atomic mass is 10.1. The first-order valence-corrected chi connectivity index (χ1v) is 10.4. The molecule has 28 heavy (non-hydrogen) atoms. The number of aryl methyl sites for hydroxylation is 1. The van der Waals surface area contributed by atoms with E-state index in [4.69, 9.17) is 35.4 Å². The van der Waals surface area contributed by atoms with Crippen molar-refractivity contribution >= 4 is 75.1 Å². The van der Waals surface area contributed by atoms with Crippen molar-refractivity contribution in [1.82, 2.24) is 4.90 Å². The average Bonchev–Trinajstić information content (AvgIpc) is 2.87. The number of halogens is 2. The Morgan fingerprint density at radius 3 is 2.46 bits per heavy atom. The minimum Gasteiger partial charge on any atom is -0.326 e. The molecule has 0 aliphatic carbocycles. The lowest BCUT2D eigenvalue weighted by molar-refractivity contribution is -0.122. The van der Waals surface area contributed by atoms with Crippen LogP contribution in [0.25, 0.3) is 6.08 Å². The van der Waals surface area contributed by atoms with Crippen LogP contribution in [-0.2, 0) is 9.59 Å². The van der Waals surface area contributed by atoms with E-state index in [1.807, 2.05) is 37.3 Å². The van der Waals surface area contributed by atoms with E-state index >= 15 is 0 Å². The number of anilines is 1. The molecule has 2 amide bonds. The Bertz CT molecular complexity index is 954. The number of amides is 2. The van der Waals surface area contributed by atoms with Crippen LogP contribution in [0.5, 0.6) is 0 Å². The highest BCUT2D eigenvalue weighted by molar-refractivity contribution is 8.26. The lowest BCUT2D eigenvalue weighted by Crippen LogP contribution is -2.31. The van der Waals surface area contributed by atoms with E-state index in [2.05, 4.69) is 5.32 Å². The molecule has 0 unspecified atom stereocenters. The first-order valence-electron chi connectivity index (χ1n) is 8.40. The fraction of sp³-hybridized carbons (Fsp3) is 0.150. The standard InChI is InChI=1S/C20H16Cl2N2O2S2/c1-12-2-4-13(5-3-12)8-17-19(26)24(20(27)28-17)7-6-18(25)23-16-10-14(21)9-15(22)11-16/h2-5,8-11H,6-7H2,1H3,(H,23,25)/b17-8+. The lowest BCUT2D eigenvalue weighted by Gasteiger charge is -2.14. The summed E-state index contributed by atoms with van der Waals surface area (Å²) in [6.45, 7) is 2.21. The maximum absolute atomic E-state index is 12.6. The van der Waals surface area contributed by atoms with Gasteiger partial charge in [-0.2, -0.15) is 0 Å². The first-order chi connectivity index (χ1) is 13.3. The molecule has 2 aromatic rings. The van der Waals surface area contributed by atoms with Gasteiger partial charge in [0.05, 0.1) is 4.91 Å². The Labute approximate surface area is 182 Å². The first kappa shape index (κ1) is 20.9. The van der Waals surface area contributed by atoms with Crippen molar-refractivity contribution in [3.8, 4) is 0 Å². The fourth-order valence-electron chi connectivity index (χ4n) is 2.57. The van der Waals surface area contributed by atoms with Gasteiger partial charge in [-0.1, -0.05) is 77.0 Å². The zero-order valence-corrected chi connectivity index (χ0v) is 18.0. The normalized spacial score (nSPS) is 15.4. The summed E-state index contributed by atoms with van der Waals surface area (Å²) in [7, 11) is 0. The molecule has 1 aliphatic heterocycles. The highest BCUT2D eigenvalue weighted by Gasteiger charge is 2.32. The third-order valence-corrected chi connectivity index (χ3v) is 5.77. The fourth-order valence-corrected chi connectivity index (χ4v) is 4.40. The van der Waals surface area contributed by atoms with Gasteiger partial charge in [0, 0.05) is 28.7 Å². The van der Waals surface area contributed by atoms with Crippen molar-refractivity contribution < 1.29 is 9.59 Å². The summed E-state index contributed by atoms with van der Waals surface area (Å²) < 4.78 is 0.446. The Kier molecular flexibility index (Phi) is 6.78. The van der Waals surface area contributed by atoms with Crippen molar-refractivity contribution in [2.75, 3.05) is 11.9 Å². The number of hydrogen-bond donors (Lipinski definition) is 1. The van der Waals surface area contributed by atoms with Crippen molar-refractivity contribution in [3.05, 3.63) is 68.5 Å². The van der Waals surface area contributed by atoms with Gasteiger partial charge in [-0.05, 0) is 36.8 Å². The molecule has 0 bridgehead atoms. The maximum atomic E-state index is 12.6. The molecule has 4 nitrogen and oxygen atoms in total. The highest BCUT2D eigenvalue weighted by Crippen LogP contribution is 2.32. The minimum atomic E-state index is -0.255. The van der Waals surface area contributed by atoms with Crippen molar-refractivity contribution in [3.63, 3.8) is 0 Å². The molecule has 3 rings (SSSR count). The van der Waals surface area contributed by atoms with E-state index in [-0.39, 0.29) is 24.8 Å². The zero-order valence-electron chi connectivity index (χ0n) is 14.9. The molecular weight excluding hydrogens is 435 g/mol. The van der Waals surface area contributed by atoms with Gasteiger partial charge in [0.25, 0.3) is 5.91 Å². The monoisotopic (exact) mass is 450 g/mol. The zero-order chi connectivity index (χ0) is 20.3. The van der Waals surface area contributed by atoms with Crippen LogP contribution < -0.4 is 5.32 Å². The quantitative estimate of drug-likeness (QED) is 0.480. The van der Waals surface area contributed by atoms with Crippen molar-refractivity contribution in [1.29, 1.82) is 0 Å². The third kappa shape index (κ3) is 5.35. The van der Waals surface area contributed by atoms with Crippen LogP contribution in [0.3, 0.4) is 0 Å². The number of rotatable bonds is 5. The molecule has 1 fully saturated rings. The van der Waals surface area contributed by atoms with Crippen LogP contribution in [0.15, 0.2) is 47.4 Å². The number of nitrogens with zero attached hydrogens (tertiary/aromatic N) is 1. The van der Waals surface area contributed by atoms with Gasteiger partial charge in [-0.15, -0.1) is 0 Å². The Morgan fingerprint density at radius 1 is 1.18 bits per heavy atom. The van der Waals surface area contributed by atoms with Crippen molar-refractivity contribution in [2.45, 2.75) is 13.3 Å². The second-order valence-corrected chi connectivity index (χ2v) is 8.75. The molecule has 0 saturated carbocycles. The van der Waals surface area contributed by atoms with Gasteiger partial charge in [0.1, 0.15) is 4.32 Å². The van der Waals surface area contributed by atoms with E-state index < -0.39 is 0 Å². The summed E-state index contributed by atoms with van der Waals surface area (Å²) in [5.74, 6) is -0.441. The van der Waals surface area contributed by atoms with Gasteiger partial charge in [-0.3, -0.25) is 14.5 Å². The number of hydrogen-bond acceptors (Lipinski definition) is 4. The summed E-state index contributed by atoms with van der Waals surface area (Å²) in [6, 6.07) is 12.7. The second-order valence-electron chi connectivity index (χ2n) is 6.20. The predicted octanol–water partition coefficient (Wildman–Crippen LogP) is 5.53. The van der Waals surface area contributed by atoms with Gasteiger partial charge < -0.3 is 5.32 Å². The molecule has 144 valence electrons. The molecule has 1 N–H and O–H groups in total. The third-order valence-electron chi connectivity index (χ3n) is 3.96. The number of nitrogens with one attached hydrogen (secondary N) is 1. The van der Waals surface area contributed by atoms with Crippen LogP contribution in [-0.4, -0.2) is 27.6 Å². The molecule has 1 aliphatic rings. The van der Waals surface area contributed by atoms with E-state index in [9.17, 15) is 9.59 Å². The average molecular weight is 451 g/mol. The number of thiocarbonyl (C=S) groups is 1. The number of thioether (sulfide) groups is 1. The molecular formula is C20H16Cl2N2O2S2. The van der Waals surface area contributed by atoms with Crippen LogP contribution in [0.2, 0.25) is 10.0 Å². The van der Waals surface area contributed by atoms with Gasteiger partial charge >= 0.3 is 0 Å². The summed E-state index contributed by atoms with van der Waals surface area (Å²) in [4.78, 5) is 26.8. The maximum Gasteiger partial charge on any atom is 0.266 e. The largest absolute Gasteiger partial charge is 0.326 e. The smallest absolute Gasteiger partial charge is 0.266 e. The van der Waals surface area contributed by atoms with Gasteiger partial charge in [-0.25, -0.2) is 0 Å². The Hall–Kier alpha value is -1.86. The molecule has 2 aromatic carbocycles. The highest BCUT2D eigenvalue weighted by atomic mass is 35.5. The molecule has 1 heterocycles. The van der Waals surface area contributed by atoms with Gasteiger partial charge in [0.15, 0.2) is 0 Å². The van der Waals surface area contributed by atoms with E-state index in [0.717, 1.165) is 11.1 Å². The summed E-state index contributed by atoms with van der Waals surface area (Å²) >= 11 is 18.4. The molecule has 0 spiro atoms. The SMILES string of the molecule is Cc1ccc(/C=C2/SC(=S)N(CCC(=O)Nc3cc(Cl)cc(Cl)c3)C2=O)cc1. The van der Waals surface area contributed by atoms with Gasteiger partial charge in [0.2, 0.25) is 5.91 Å². The van der Waals surface area contributed by atoms with Crippen LogP contribution in [0.1, 0.15) is 17.5 Å². The molecule has 0 aromatic heterocycles. The molecule has 8 heteroatoms. The van der Waals surface area contributed by atoms with Crippen molar-refractivity contribution in [2.24, 2.45) is 0 Å². The van der Waals surface area contributed by atoms with Crippen LogP contribution in [0, 0.1) is 6.92 Å².